The molecule has 1 unspecified atom stereocenters. The van der Waals surface area contributed by atoms with Gasteiger partial charge in [0, 0.05) is 16.6 Å². The Morgan fingerprint density at radius 1 is 1.50 bits per heavy atom. The summed E-state index contributed by atoms with van der Waals surface area (Å²) in [6, 6.07) is 1.88. The Hall–Kier alpha value is -1.71. The Morgan fingerprint density at radius 2 is 2.09 bits per heavy atom. The Kier molecular flexibility index (Phi) is 6.27. The normalized spacial score (nSPS) is 14.8. The third-order valence-corrected chi connectivity index (χ3v) is 4.31. The van der Waals surface area contributed by atoms with Gasteiger partial charge in [0.15, 0.2) is 11.5 Å². The predicted octanol–water partition coefficient (Wildman–Crippen LogP) is 1.95. The molecule has 0 aromatic heterocycles. The zero-order chi connectivity index (χ0) is 15.6. The molecule has 0 fully saturated rings. The molecule has 0 aliphatic carbocycles. The molecule has 3 N–H and O–H groups in total. The summed E-state index contributed by atoms with van der Waals surface area (Å²) < 4.78 is 10.3. The van der Waals surface area contributed by atoms with Gasteiger partial charge in [-0.15, -0.1) is 12.4 Å². The van der Waals surface area contributed by atoms with Crippen molar-refractivity contribution in [3.8, 4) is 11.5 Å². The fourth-order valence-electron chi connectivity index (χ4n) is 1.84. The minimum absolute atomic E-state index is 0. The highest BCUT2D eigenvalue weighted by atomic mass is 35.5. The highest BCUT2D eigenvalue weighted by Gasteiger charge is 2.27. The largest absolute Gasteiger partial charge is 0.480 e. The van der Waals surface area contributed by atoms with Crippen LogP contribution in [0.4, 0.5) is 5.69 Å². The monoisotopic (exact) mass is 350 g/mol. The van der Waals surface area contributed by atoms with Gasteiger partial charge < -0.3 is 20.3 Å². The number of halogens is 1. The van der Waals surface area contributed by atoms with E-state index in [0.29, 0.717) is 17.1 Å². The maximum absolute atomic E-state index is 11.2. The summed E-state index contributed by atoms with van der Waals surface area (Å²) in [4.78, 5) is 21.4. The van der Waals surface area contributed by atoms with Gasteiger partial charge in [-0.1, -0.05) is 0 Å². The summed E-state index contributed by atoms with van der Waals surface area (Å²) in [5.41, 5.74) is 5.80. The van der Waals surface area contributed by atoms with Gasteiger partial charge in [0.2, 0.25) is 6.79 Å². The zero-order valence-electron chi connectivity index (χ0n) is 11.6. The number of carboxylic acid groups (broad SMARTS) is 1. The number of nitro benzene ring substituents is 1. The Bertz CT molecular complexity index is 585. The number of nitro groups is 1. The van der Waals surface area contributed by atoms with Crippen LogP contribution in [0, 0.1) is 10.1 Å². The van der Waals surface area contributed by atoms with Crippen LogP contribution in [-0.4, -0.2) is 34.6 Å². The number of benzene rings is 1. The summed E-state index contributed by atoms with van der Waals surface area (Å²) in [5.74, 6) is -0.160. The molecule has 1 heterocycles. The number of fused-ring (bicyclic) bond motifs is 1. The van der Waals surface area contributed by atoms with E-state index in [1.54, 1.807) is 13.0 Å². The molecule has 1 aromatic carbocycles. The second-order valence-electron chi connectivity index (χ2n) is 4.44. The van der Waals surface area contributed by atoms with Crippen LogP contribution in [-0.2, 0) is 4.79 Å². The van der Waals surface area contributed by atoms with Crippen molar-refractivity contribution in [2.75, 3.05) is 12.5 Å². The fraction of sp³-hybridized carbons (Fsp3) is 0.417. The second kappa shape index (κ2) is 7.52. The van der Waals surface area contributed by atoms with Crippen molar-refractivity contribution >= 4 is 35.8 Å². The van der Waals surface area contributed by atoms with E-state index in [2.05, 4.69) is 0 Å². The van der Waals surface area contributed by atoms with Crippen LogP contribution in [0.2, 0.25) is 0 Å². The van der Waals surface area contributed by atoms with Crippen molar-refractivity contribution in [3.63, 3.8) is 0 Å². The predicted molar refractivity (Wildman–Crippen MR) is 83.0 cm³/mol. The Balaban J connectivity index is 0.00000242. The summed E-state index contributed by atoms with van der Waals surface area (Å²) in [7, 11) is 0. The molecule has 0 radical (unpaired) electrons. The number of hydrogen-bond donors (Lipinski definition) is 2. The van der Waals surface area contributed by atoms with Crippen LogP contribution in [0.25, 0.3) is 0 Å². The van der Waals surface area contributed by atoms with Gasteiger partial charge in [-0.05, 0) is 13.0 Å². The quantitative estimate of drug-likeness (QED) is 0.589. The molecular weight excluding hydrogens is 336 g/mol. The van der Waals surface area contributed by atoms with Gasteiger partial charge in [-0.2, -0.15) is 11.8 Å². The number of carbonyl (C=O) groups is 1. The van der Waals surface area contributed by atoms with Crippen LogP contribution < -0.4 is 15.2 Å². The van der Waals surface area contributed by atoms with Crippen molar-refractivity contribution in [2.45, 2.75) is 18.2 Å². The maximum atomic E-state index is 11.2. The lowest BCUT2D eigenvalue weighted by Crippen LogP contribution is -2.32. The lowest BCUT2D eigenvalue weighted by Gasteiger charge is -2.14. The molecule has 2 atom stereocenters. The van der Waals surface area contributed by atoms with Crippen LogP contribution >= 0.6 is 24.2 Å². The maximum Gasteiger partial charge on any atom is 0.321 e. The first-order valence-corrected chi connectivity index (χ1v) is 7.13. The second-order valence-corrected chi connectivity index (χ2v) is 5.82. The van der Waals surface area contributed by atoms with Gasteiger partial charge in [-0.3, -0.25) is 14.9 Å². The first-order valence-electron chi connectivity index (χ1n) is 6.08. The molecule has 0 amide bonds. The van der Waals surface area contributed by atoms with Crippen LogP contribution in [0.1, 0.15) is 17.7 Å². The van der Waals surface area contributed by atoms with Gasteiger partial charge in [0.05, 0.1) is 11.0 Å². The number of nitrogens with zero attached hydrogens (tertiary/aromatic N) is 1. The Morgan fingerprint density at radius 3 is 2.64 bits per heavy atom. The molecule has 10 heteroatoms. The number of nitrogens with two attached hydrogens (primary N) is 1. The molecule has 0 saturated heterocycles. The van der Waals surface area contributed by atoms with Crippen LogP contribution in [0.5, 0.6) is 11.5 Å². The molecule has 1 aliphatic rings. The summed E-state index contributed by atoms with van der Waals surface area (Å²) in [5, 5.41) is 19.6. The molecule has 22 heavy (non-hydrogen) atoms. The van der Waals surface area contributed by atoms with Crippen molar-refractivity contribution in [1.82, 2.24) is 0 Å². The smallest absolute Gasteiger partial charge is 0.321 e. The fourth-order valence-corrected chi connectivity index (χ4v) is 2.85. The van der Waals surface area contributed by atoms with Crippen LogP contribution in [0.3, 0.4) is 0 Å². The lowest BCUT2D eigenvalue weighted by molar-refractivity contribution is -0.385. The molecule has 0 saturated carbocycles. The van der Waals surface area contributed by atoms with Gasteiger partial charge in [0.25, 0.3) is 5.69 Å². The number of rotatable bonds is 6. The summed E-state index contributed by atoms with van der Waals surface area (Å²) in [6.45, 7) is 1.78. The lowest BCUT2D eigenvalue weighted by atomic mass is 10.1. The van der Waals surface area contributed by atoms with Crippen LogP contribution in [0.15, 0.2) is 12.1 Å². The van der Waals surface area contributed by atoms with Gasteiger partial charge in [0.1, 0.15) is 6.04 Å². The third-order valence-electron chi connectivity index (χ3n) is 3.00. The molecular formula is C12H15ClN2O6S. The van der Waals surface area contributed by atoms with E-state index in [4.69, 9.17) is 20.3 Å². The zero-order valence-corrected chi connectivity index (χ0v) is 13.2. The highest BCUT2D eigenvalue weighted by Crippen LogP contribution is 2.43. The van der Waals surface area contributed by atoms with Crippen molar-refractivity contribution in [1.29, 1.82) is 0 Å². The molecule has 122 valence electrons. The van der Waals surface area contributed by atoms with Gasteiger partial charge >= 0.3 is 5.97 Å². The van der Waals surface area contributed by atoms with E-state index in [1.165, 1.54) is 17.8 Å². The number of aliphatic carboxylic acids is 1. The van der Waals surface area contributed by atoms with E-state index < -0.39 is 16.9 Å². The minimum Gasteiger partial charge on any atom is -0.480 e. The SMILES string of the molecule is CC(SC[C@H](N)C(=O)O)c1cc2c(cc1[N+](=O)[O-])OCO2.Cl. The standard InChI is InChI=1S/C12H14N2O6S.ClH/c1-6(21-4-8(13)12(15)16)7-2-10-11(20-5-19-10)3-9(7)14(17)18;/h2-3,6,8H,4-5,13H2,1H3,(H,15,16);1H/t6?,8-;/m0./s1. The average Bonchev–Trinajstić information content (AvgIpc) is 2.89. The molecule has 1 aliphatic heterocycles. The number of carboxylic acids is 1. The number of hydrogen-bond acceptors (Lipinski definition) is 7. The molecule has 1 aromatic rings. The Labute approximate surface area is 136 Å². The summed E-state index contributed by atoms with van der Waals surface area (Å²) in [6.07, 6.45) is 0. The third kappa shape index (κ3) is 3.93. The molecule has 2 rings (SSSR count). The van der Waals surface area contributed by atoms with E-state index in [1.807, 2.05) is 0 Å². The van der Waals surface area contributed by atoms with E-state index in [-0.39, 0.29) is 35.9 Å². The molecule has 0 spiro atoms. The van der Waals surface area contributed by atoms with Crippen molar-refractivity contribution < 1.29 is 24.3 Å². The van der Waals surface area contributed by atoms with E-state index in [0.717, 1.165) is 0 Å². The first kappa shape index (κ1) is 18.3. The molecule has 8 nitrogen and oxygen atoms in total. The van der Waals surface area contributed by atoms with E-state index >= 15 is 0 Å². The van der Waals surface area contributed by atoms with Crippen molar-refractivity contribution in [3.05, 3.63) is 27.8 Å². The average molecular weight is 351 g/mol. The van der Waals surface area contributed by atoms with Gasteiger partial charge in [-0.25, -0.2) is 0 Å². The highest BCUT2D eigenvalue weighted by molar-refractivity contribution is 7.99. The minimum atomic E-state index is -1.10. The topological polar surface area (TPSA) is 125 Å². The molecule has 0 bridgehead atoms. The number of ether oxygens (including phenoxy) is 2. The summed E-state index contributed by atoms with van der Waals surface area (Å²) >= 11 is 1.24. The van der Waals surface area contributed by atoms with E-state index in [9.17, 15) is 14.9 Å². The first-order chi connectivity index (χ1) is 9.90. The number of thioether (sulfide) groups is 1. The van der Waals surface area contributed by atoms with Crippen molar-refractivity contribution in [2.24, 2.45) is 5.73 Å².